The van der Waals surface area contributed by atoms with Crippen LogP contribution < -0.4 is 5.73 Å². The molecule has 0 spiro atoms. The lowest BCUT2D eigenvalue weighted by Gasteiger charge is -1.81. The van der Waals surface area contributed by atoms with E-state index in [0.29, 0.717) is 11.4 Å². The predicted molar refractivity (Wildman–Crippen MR) is 52.1 cm³/mol. The molecule has 0 saturated heterocycles. The second-order valence-corrected chi connectivity index (χ2v) is 2.97. The van der Waals surface area contributed by atoms with Crippen LogP contribution in [-0.4, -0.2) is 15.6 Å². The Morgan fingerprint density at radius 1 is 1.29 bits per heavy atom. The number of aryl methyl sites for hydroxylation is 2. The first-order chi connectivity index (χ1) is 6.36. The summed E-state index contributed by atoms with van der Waals surface area (Å²) in [5.41, 5.74) is 6.87. The van der Waals surface area contributed by atoms with Gasteiger partial charge in [0.15, 0.2) is 5.76 Å². The zero-order valence-electron chi connectivity index (χ0n) is 7.51. The van der Waals surface area contributed by atoms with Crippen LogP contribution >= 0.6 is 23.2 Å². The molecule has 5 nitrogen and oxygen atoms in total. The van der Waals surface area contributed by atoms with E-state index < -0.39 is 10.5 Å². The van der Waals surface area contributed by atoms with Gasteiger partial charge >= 0.3 is 10.5 Å². The molecule has 0 aliphatic rings. The van der Waals surface area contributed by atoms with Gasteiger partial charge in [-0.2, -0.15) is 0 Å². The molecule has 0 aromatic carbocycles. The van der Waals surface area contributed by atoms with Gasteiger partial charge in [-0.3, -0.25) is 9.59 Å². The Morgan fingerprint density at radius 3 is 1.79 bits per heavy atom. The van der Waals surface area contributed by atoms with Crippen LogP contribution in [-0.2, 0) is 9.59 Å². The predicted octanol–water partition coefficient (Wildman–Crippen LogP) is 1.39. The first-order valence-corrected chi connectivity index (χ1v) is 4.19. The number of rotatable bonds is 1. The zero-order chi connectivity index (χ0) is 11.3. The van der Waals surface area contributed by atoms with E-state index in [0.717, 1.165) is 5.69 Å². The van der Waals surface area contributed by atoms with E-state index in [4.69, 9.17) is 10.3 Å². The Bertz CT molecular complexity index is 317. The fourth-order valence-electron chi connectivity index (χ4n) is 0.490. The molecule has 1 aromatic heterocycles. The SMILES string of the molecule is Cc1noc(C)c1N.O=C(Cl)C(=O)Cl. The second-order valence-electron chi connectivity index (χ2n) is 2.29. The highest BCUT2D eigenvalue weighted by molar-refractivity contribution is 6.97. The van der Waals surface area contributed by atoms with E-state index in [-0.39, 0.29) is 0 Å². The summed E-state index contributed by atoms with van der Waals surface area (Å²) >= 11 is 8.98. The van der Waals surface area contributed by atoms with Crippen LogP contribution in [0.15, 0.2) is 4.52 Å². The molecular formula is C7H8Cl2N2O3. The number of anilines is 1. The van der Waals surface area contributed by atoms with Gasteiger partial charge in [0.05, 0.1) is 5.69 Å². The van der Waals surface area contributed by atoms with Gasteiger partial charge in [0.2, 0.25) is 0 Å². The van der Waals surface area contributed by atoms with E-state index in [9.17, 15) is 9.59 Å². The quantitative estimate of drug-likeness (QED) is 0.591. The molecule has 1 heterocycles. The maximum absolute atomic E-state index is 9.43. The van der Waals surface area contributed by atoms with Crippen molar-refractivity contribution in [3.63, 3.8) is 0 Å². The highest BCUT2D eigenvalue weighted by Crippen LogP contribution is 2.12. The van der Waals surface area contributed by atoms with E-state index in [1.165, 1.54) is 0 Å². The van der Waals surface area contributed by atoms with Gasteiger partial charge in [-0.15, -0.1) is 0 Å². The molecule has 0 saturated carbocycles. The summed E-state index contributed by atoms with van der Waals surface area (Å²) in [5.74, 6) is 0.697. The minimum atomic E-state index is -1.14. The van der Waals surface area contributed by atoms with Crippen molar-refractivity contribution >= 4 is 39.4 Å². The Balaban J connectivity index is 0.000000255. The van der Waals surface area contributed by atoms with Gasteiger partial charge in [0.1, 0.15) is 5.69 Å². The summed E-state index contributed by atoms with van der Waals surface area (Å²) in [7, 11) is 0. The van der Waals surface area contributed by atoms with Gasteiger partial charge in [-0.1, -0.05) is 5.16 Å². The Labute approximate surface area is 90.1 Å². The van der Waals surface area contributed by atoms with Crippen molar-refractivity contribution in [3.05, 3.63) is 11.5 Å². The number of nitrogens with two attached hydrogens (primary N) is 1. The van der Waals surface area contributed by atoms with Crippen LogP contribution in [0.1, 0.15) is 11.5 Å². The topological polar surface area (TPSA) is 86.2 Å². The van der Waals surface area contributed by atoms with Crippen molar-refractivity contribution < 1.29 is 14.1 Å². The lowest BCUT2D eigenvalue weighted by Crippen LogP contribution is -1.94. The lowest BCUT2D eigenvalue weighted by molar-refractivity contribution is -0.127. The Morgan fingerprint density at radius 2 is 1.71 bits per heavy atom. The standard InChI is InChI=1S/C5H8N2O.C2Cl2O2/c1-3-5(6)4(2)8-7-3;3-1(5)2(4)6/h6H2,1-2H3;. The van der Waals surface area contributed by atoms with E-state index in [2.05, 4.69) is 28.4 Å². The average molecular weight is 239 g/mol. The number of halogens is 2. The molecule has 1 rings (SSSR count). The van der Waals surface area contributed by atoms with Crippen molar-refractivity contribution in [2.45, 2.75) is 13.8 Å². The molecule has 78 valence electrons. The average Bonchev–Trinajstić information content (AvgIpc) is 2.37. The van der Waals surface area contributed by atoms with E-state index in [1.54, 1.807) is 6.92 Å². The van der Waals surface area contributed by atoms with Crippen molar-refractivity contribution in [2.24, 2.45) is 0 Å². The summed E-state index contributed by atoms with van der Waals surface area (Å²) in [6, 6.07) is 0. The lowest BCUT2D eigenvalue weighted by atomic mass is 10.3. The van der Waals surface area contributed by atoms with E-state index >= 15 is 0 Å². The molecule has 0 aliphatic heterocycles. The van der Waals surface area contributed by atoms with Crippen LogP contribution in [0.2, 0.25) is 0 Å². The summed E-state index contributed by atoms with van der Waals surface area (Å²) < 4.78 is 4.72. The summed E-state index contributed by atoms with van der Waals surface area (Å²) in [4.78, 5) is 18.9. The number of nitrogen functional groups attached to an aromatic ring is 1. The van der Waals surface area contributed by atoms with Crippen molar-refractivity contribution in [3.8, 4) is 0 Å². The molecule has 1 aromatic rings. The minimum Gasteiger partial charge on any atom is -0.394 e. The van der Waals surface area contributed by atoms with Crippen LogP contribution in [0, 0.1) is 13.8 Å². The van der Waals surface area contributed by atoms with Gasteiger partial charge in [0, 0.05) is 0 Å². The van der Waals surface area contributed by atoms with Crippen LogP contribution in [0.4, 0.5) is 5.69 Å². The largest absolute Gasteiger partial charge is 0.394 e. The maximum Gasteiger partial charge on any atom is 0.304 e. The summed E-state index contributed by atoms with van der Waals surface area (Å²) in [6.45, 7) is 3.60. The number of carbonyl (C=O) groups excluding carboxylic acids is 2. The highest BCUT2D eigenvalue weighted by Gasteiger charge is 2.02. The summed E-state index contributed by atoms with van der Waals surface area (Å²) in [5, 5.41) is 1.33. The Kier molecular flexibility index (Phi) is 5.19. The normalized spacial score (nSPS) is 8.86. The van der Waals surface area contributed by atoms with Crippen LogP contribution in [0.25, 0.3) is 0 Å². The molecule has 0 amide bonds. The van der Waals surface area contributed by atoms with Crippen molar-refractivity contribution in [1.82, 2.24) is 5.16 Å². The van der Waals surface area contributed by atoms with Gasteiger partial charge < -0.3 is 10.3 Å². The zero-order valence-corrected chi connectivity index (χ0v) is 9.02. The Hall–Kier alpha value is -1.07. The third-order valence-corrected chi connectivity index (χ3v) is 1.68. The smallest absolute Gasteiger partial charge is 0.304 e. The molecule has 0 bridgehead atoms. The molecule has 0 radical (unpaired) electrons. The number of carbonyl (C=O) groups is 2. The monoisotopic (exact) mass is 238 g/mol. The molecule has 7 heteroatoms. The molecule has 0 fully saturated rings. The second kappa shape index (κ2) is 5.62. The van der Waals surface area contributed by atoms with Crippen molar-refractivity contribution in [2.75, 3.05) is 5.73 Å². The third kappa shape index (κ3) is 4.25. The van der Waals surface area contributed by atoms with Gasteiger partial charge in [-0.25, -0.2) is 0 Å². The third-order valence-electron chi connectivity index (χ3n) is 1.24. The van der Waals surface area contributed by atoms with E-state index in [1.807, 2.05) is 6.92 Å². The first kappa shape index (κ1) is 12.9. The molecule has 0 atom stereocenters. The van der Waals surface area contributed by atoms with Crippen molar-refractivity contribution in [1.29, 1.82) is 0 Å². The van der Waals surface area contributed by atoms with Crippen LogP contribution in [0.5, 0.6) is 0 Å². The molecule has 0 unspecified atom stereocenters. The molecule has 2 N–H and O–H groups in total. The number of hydrogen-bond donors (Lipinski definition) is 1. The highest BCUT2D eigenvalue weighted by atomic mass is 35.5. The number of aromatic nitrogens is 1. The fraction of sp³-hybridized carbons (Fsp3) is 0.286. The molecule has 14 heavy (non-hydrogen) atoms. The number of hydrogen-bond acceptors (Lipinski definition) is 5. The van der Waals surface area contributed by atoms with Gasteiger partial charge in [0.25, 0.3) is 0 Å². The maximum atomic E-state index is 9.43. The fourth-order valence-corrected chi connectivity index (χ4v) is 0.490. The number of nitrogens with zero attached hydrogens (tertiary/aromatic N) is 1. The first-order valence-electron chi connectivity index (χ1n) is 3.44. The van der Waals surface area contributed by atoms with Gasteiger partial charge in [-0.05, 0) is 37.0 Å². The molecular weight excluding hydrogens is 231 g/mol. The molecule has 0 aliphatic carbocycles. The summed E-state index contributed by atoms with van der Waals surface area (Å²) in [6.07, 6.45) is 0. The van der Waals surface area contributed by atoms with Crippen LogP contribution in [0.3, 0.4) is 0 Å². The minimum absolute atomic E-state index is 0.657.